The molecule has 1 N–H and O–H groups in total. The number of anilines is 2. The summed E-state index contributed by atoms with van der Waals surface area (Å²) in [4.78, 5) is 23.0. The van der Waals surface area contributed by atoms with Gasteiger partial charge in [-0.25, -0.2) is 18.7 Å². The molecule has 3 heterocycles. The zero-order valence-electron chi connectivity index (χ0n) is 22.0. The standard InChI is InChI=1S/C28H27F5N4O4/c1-16-8-18(2-3-20(16)29)36-27-19-9-17(24(41-14-28(31,32)33)11-22(19)34-15-35-27)10-23(38)21(30)4-5-37-12-25-26(13-37)40-7-6-39-25/h2-4,8-9,11,15,25-26H,5-7,10,12-14H2,1H3,(H,34,35,36)/b21-4-/t25-,26-/m0/s1. The molecular formula is C28H27F5N4O4. The van der Waals surface area contributed by atoms with E-state index in [1.807, 2.05) is 4.90 Å². The third-order valence-corrected chi connectivity index (χ3v) is 6.81. The van der Waals surface area contributed by atoms with Crippen molar-refractivity contribution < 1.29 is 41.0 Å². The van der Waals surface area contributed by atoms with Gasteiger partial charge in [-0.1, -0.05) is 0 Å². The van der Waals surface area contributed by atoms with E-state index in [0.29, 0.717) is 42.9 Å². The molecule has 2 aliphatic rings. The van der Waals surface area contributed by atoms with Crippen molar-refractivity contribution in [3.05, 3.63) is 65.5 Å². The maximum Gasteiger partial charge on any atom is 0.422 e. The first-order valence-electron chi connectivity index (χ1n) is 12.9. The van der Waals surface area contributed by atoms with Gasteiger partial charge in [0.1, 0.15) is 23.7 Å². The summed E-state index contributed by atoms with van der Waals surface area (Å²) in [6, 6.07) is 6.97. The number of ketones is 1. The van der Waals surface area contributed by atoms with Crippen LogP contribution in [0.1, 0.15) is 11.1 Å². The van der Waals surface area contributed by atoms with E-state index in [9.17, 15) is 26.7 Å². The Morgan fingerprint density at radius 2 is 1.88 bits per heavy atom. The van der Waals surface area contributed by atoms with Crippen molar-refractivity contribution in [3.63, 3.8) is 0 Å². The maximum absolute atomic E-state index is 14.9. The fourth-order valence-electron chi connectivity index (χ4n) is 4.79. The fourth-order valence-corrected chi connectivity index (χ4v) is 4.79. The summed E-state index contributed by atoms with van der Waals surface area (Å²) in [5.74, 6) is -2.33. The SMILES string of the molecule is Cc1cc(Nc2ncnc3cc(OCC(F)(F)F)c(CC(=O)/C(F)=C/CN4C[C@@H]5OCCO[C@H]5C4)cc23)ccc1F. The Bertz CT molecular complexity index is 1450. The molecule has 2 aromatic carbocycles. The number of allylic oxidation sites excluding steroid dienone is 1. The van der Waals surface area contributed by atoms with Crippen molar-refractivity contribution in [2.45, 2.75) is 31.7 Å². The minimum absolute atomic E-state index is 0.0254. The van der Waals surface area contributed by atoms with Gasteiger partial charge in [-0.15, -0.1) is 0 Å². The largest absolute Gasteiger partial charge is 0.484 e. The van der Waals surface area contributed by atoms with E-state index in [0.717, 1.165) is 6.08 Å². The minimum Gasteiger partial charge on any atom is -0.484 e. The first kappa shape index (κ1) is 28.8. The summed E-state index contributed by atoms with van der Waals surface area (Å²) in [5, 5.41) is 3.38. The van der Waals surface area contributed by atoms with Crippen LogP contribution in [0.4, 0.5) is 33.5 Å². The number of nitrogens with one attached hydrogen (secondary N) is 1. The monoisotopic (exact) mass is 578 g/mol. The average Bonchev–Trinajstić information content (AvgIpc) is 3.35. The van der Waals surface area contributed by atoms with Crippen LogP contribution in [0.3, 0.4) is 0 Å². The van der Waals surface area contributed by atoms with Gasteiger partial charge >= 0.3 is 6.18 Å². The average molecular weight is 579 g/mol. The second kappa shape index (κ2) is 12.0. The molecule has 2 atom stereocenters. The Morgan fingerprint density at radius 3 is 2.56 bits per heavy atom. The number of hydrogen-bond donors (Lipinski definition) is 1. The molecule has 2 fully saturated rings. The number of benzene rings is 2. The highest BCUT2D eigenvalue weighted by Gasteiger charge is 2.36. The Hall–Kier alpha value is -3.68. The molecule has 0 bridgehead atoms. The molecule has 41 heavy (non-hydrogen) atoms. The van der Waals surface area contributed by atoms with Crippen molar-refractivity contribution in [1.82, 2.24) is 14.9 Å². The molecule has 13 heteroatoms. The first-order chi connectivity index (χ1) is 19.6. The van der Waals surface area contributed by atoms with Crippen molar-refractivity contribution in [2.24, 2.45) is 0 Å². The predicted octanol–water partition coefficient (Wildman–Crippen LogP) is 4.83. The summed E-state index contributed by atoms with van der Waals surface area (Å²) < 4.78 is 83.8. The summed E-state index contributed by atoms with van der Waals surface area (Å²) >= 11 is 0. The Labute approximate surface area is 232 Å². The van der Waals surface area contributed by atoms with Crippen molar-refractivity contribution in [2.75, 3.05) is 44.8 Å². The van der Waals surface area contributed by atoms with Gasteiger partial charge in [0.15, 0.2) is 18.2 Å². The molecule has 0 amide bonds. The van der Waals surface area contributed by atoms with E-state index in [4.69, 9.17) is 14.2 Å². The van der Waals surface area contributed by atoms with Gasteiger partial charge in [0, 0.05) is 48.8 Å². The van der Waals surface area contributed by atoms with Gasteiger partial charge in [0.2, 0.25) is 0 Å². The van der Waals surface area contributed by atoms with Gasteiger partial charge in [-0.05, 0) is 42.8 Å². The summed E-state index contributed by atoms with van der Waals surface area (Å²) in [6.07, 6.45) is -3.07. The van der Waals surface area contributed by atoms with Crippen LogP contribution < -0.4 is 10.1 Å². The second-order valence-electron chi connectivity index (χ2n) is 9.88. The van der Waals surface area contributed by atoms with Crippen LogP contribution in [-0.4, -0.2) is 78.5 Å². The fraction of sp³-hybridized carbons (Fsp3) is 0.393. The Balaban J connectivity index is 1.38. The summed E-state index contributed by atoms with van der Waals surface area (Å²) in [5.41, 5.74) is 1.14. The van der Waals surface area contributed by atoms with Gasteiger partial charge in [-0.2, -0.15) is 13.2 Å². The number of nitrogens with zero attached hydrogens (tertiary/aromatic N) is 3. The van der Waals surface area contributed by atoms with Gasteiger partial charge in [-0.3, -0.25) is 9.69 Å². The summed E-state index contributed by atoms with van der Waals surface area (Å²) in [7, 11) is 0. The predicted molar refractivity (Wildman–Crippen MR) is 139 cm³/mol. The molecule has 1 aromatic heterocycles. The number of halogens is 5. The van der Waals surface area contributed by atoms with E-state index in [-0.39, 0.29) is 41.4 Å². The molecule has 0 aliphatic carbocycles. The molecule has 2 aliphatic heterocycles. The molecule has 0 radical (unpaired) electrons. The molecule has 3 aromatic rings. The van der Waals surface area contributed by atoms with E-state index in [1.54, 1.807) is 13.0 Å². The zero-order chi connectivity index (χ0) is 29.1. The number of carbonyl (C=O) groups excluding carboxylic acids is 1. The third-order valence-electron chi connectivity index (χ3n) is 6.81. The van der Waals surface area contributed by atoms with Crippen LogP contribution in [0, 0.1) is 12.7 Å². The molecule has 0 spiro atoms. The normalized spacial score (nSPS) is 19.8. The number of carbonyl (C=O) groups is 1. The smallest absolute Gasteiger partial charge is 0.422 e. The van der Waals surface area contributed by atoms with Crippen LogP contribution >= 0.6 is 0 Å². The highest BCUT2D eigenvalue weighted by atomic mass is 19.4. The second-order valence-corrected chi connectivity index (χ2v) is 9.88. The van der Waals surface area contributed by atoms with Crippen LogP contribution in [0.25, 0.3) is 10.9 Å². The van der Waals surface area contributed by atoms with E-state index in [1.165, 1.54) is 30.6 Å². The van der Waals surface area contributed by atoms with Gasteiger partial charge in [0.05, 0.1) is 30.9 Å². The van der Waals surface area contributed by atoms with E-state index in [2.05, 4.69) is 15.3 Å². The lowest BCUT2D eigenvalue weighted by molar-refractivity contribution is -0.153. The molecule has 2 saturated heterocycles. The highest BCUT2D eigenvalue weighted by molar-refractivity contribution is 5.97. The lowest BCUT2D eigenvalue weighted by Gasteiger charge is -2.24. The van der Waals surface area contributed by atoms with Crippen LogP contribution in [0.2, 0.25) is 0 Å². The number of hydrogen-bond acceptors (Lipinski definition) is 8. The third kappa shape index (κ3) is 7.16. The number of ether oxygens (including phenoxy) is 3. The van der Waals surface area contributed by atoms with Gasteiger partial charge < -0.3 is 19.5 Å². The number of aryl methyl sites for hydroxylation is 1. The molecular weight excluding hydrogens is 551 g/mol. The molecule has 8 nitrogen and oxygen atoms in total. The molecule has 5 rings (SSSR count). The number of Topliss-reactive ketones (excluding diaryl/α,β-unsaturated/α-hetero) is 1. The van der Waals surface area contributed by atoms with E-state index < -0.39 is 36.6 Å². The Morgan fingerprint density at radius 1 is 1.15 bits per heavy atom. The number of rotatable bonds is 9. The maximum atomic E-state index is 14.9. The number of likely N-dealkylation sites (tertiary alicyclic amines) is 1. The van der Waals surface area contributed by atoms with Crippen LogP contribution in [0.15, 0.2) is 48.6 Å². The quantitative estimate of drug-likeness (QED) is 0.286. The van der Waals surface area contributed by atoms with Crippen LogP contribution in [-0.2, 0) is 20.7 Å². The van der Waals surface area contributed by atoms with Crippen LogP contribution in [0.5, 0.6) is 5.75 Å². The number of fused-ring (bicyclic) bond motifs is 2. The molecule has 0 unspecified atom stereocenters. The number of aromatic nitrogens is 2. The molecule has 0 saturated carbocycles. The number of alkyl halides is 3. The lowest BCUT2D eigenvalue weighted by atomic mass is 10.0. The van der Waals surface area contributed by atoms with Crippen molar-refractivity contribution in [1.29, 1.82) is 0 Å². The Kier molecular flexibility index (Phi) is 8.47. The summed E-state index contributed by atoms with van der Waals surface area (Å²) in [6.45, 7) is 2.18. The topological polar surface area (TPSA) is 85.8 Å². The van der Waals surface area contributed by atoms with E-state index >= 15 is 0 Å². The van der Waals surface area contributed by atoms with Gasteiger partial charge in [0.25, 0.3) is 0 Å². The molecule has 218 valence electrons. The zero-order valence-corrected chi connectivity index (χ0v) is 22.0. The lowest BCUT2D eigenvalue weighted by Crippen LogP contribution is -2.36. The van der Waals surface area contributed by atoms with Crippen molar-refractivity contribution in [3.8, 4) is 5.75 Å². The van der Waals surface area contributed by atoms with Crippen molar-refractivity contribution >= 4 is 28.2 Å². The first-order valence-corrected chi connectivity index (χ1v) is 12.9. The highest BCUT2D eigenvalue weighted by Crippen LogP contribution is 2.32. The minimum atomic E-state index is -4.64.